The molecule has 0 unspecified atom stereocenters. The summed E-state index contributed by atoms with van der Waals surface area (Å²) >= 11 is 0. The summed E-state index contributed by atoms with van der Waals surface area (Å²) in [6.07, 6.45) is 0. The van der Waals surface area contributed by atoms with Crippen LogP contribution < -0.4 is 4.74 Å². The summed E-state index contributed by atoms with van der Waals surface area (Å²) in [6, 6.07) is 10.3. The maximum Gasteiger partial charge on any atom is 0.254 e. The first-order valence-corrected chi connectivity index (χ1v) is 12.3. The lowest BCUT2D eigenvalue weighted by molar-refractivity contribution is 0.0750. The minimum atomic E-state index is -0.504. The molecule has 6 rings (SSSR count). The van der Waals surface area contributed by atoms with Gasteiger partial charge >= 0.3 is 0 Å². The summed E-state index contributed by atoms with van der Waals surface area (Å²) < 4.78 is 36.1. The zero-order chi connectivity index (χ0) is 25.5. The molecule has 1 N–H and O–H groups in total. The van der Waals surface area contributed by atoms with Gasteiger partial charge in [0, 0.05) is 60.7 Å². The topological polar surface area (TPSA) is 103 Å². The van der Waals surface area contributed by atoms with Gasteiger partial charge in [0.2, 0.25) is 0 Å². The van der Waals surface area contributed by atoms with Crippen molar-refractivity contribution in [3.63, 3.8) is 0 Å². The summed E-state index contributed by atoms with van der Waals surface area (Å²) in [5.41, 5.74) is 4.03. The number of halogens is 1. The van der Waals surface area contributed by atoms with E-state index in [2.05, 4.69) is 15.4 Å². The van der Waals surface area contributed by atoms with Gasteiger partial charge in [-0.15, -0.1) is 0 Å². The molecule has 2 saturated heterocycles. The van der Waals surface area contributed by atoms with Crippen molar-refractivity contribution >= 4 is 16.8 Å². The lowest BCUT2D eigenvalue weighted by Crippen LogP contribution is -2.30. The van der Waals surface area contributed by atoms with Crippen molar-refractivity contribution in [3.05, 3.63) is 53.3 Å². The van der Waals surface area contributed by atoms with Crippen LogP contribution in [0.4, 0.5) is 4.39 Å². The summed E-state index contributed by atoms with van der Waals surface area (Å²) in [7, 11) is 1.56. The third kappa shape index (κ3) is 4.36. The van der Waals surface area contributed by atoms with E-state index in [0.717, 1.165) is 37.4 Å². The van der Waals surface area contributed by atoms with Gasteiger partial charge in [-0.25, -0.2) is 4.39 Å². The number of nitrogens with zero attached hydrogens (tertiary/aromatic N) is 3. The van der Waals surface area contributed by atoms with Crippen LogP contribution in [0.1, 0.15) is 15.9 Å². The Morgan fingerprint density at radius 1 is 1.16 bits per heavy atom. The summed E-state index contributed by atoms with van der Waals surface area (Å²) in [4.78, 5) is 15.1. The van der Waals surface area contributed by atoms with Gasteiger partial charge in [0.25, 0.3) is 5.91 Å². The van der Waals surface area contributed by atoms with Crippen LogP contribution in [-0.4, -0.2) is 72.8 Å². The number of carbonyl (C=O) groups excluding carboxylic acids is 1. The number of aromatic amines is 1. The van der Waals surface area contributed by atoms with Gasteiger partial charge in [0.05, 0.1) is 25.3 Å². The Kier molecular flexibility index (Phi) is 6.13. The number of benzene rings is 2. The second kappa shape index (κ2) is 9.60. The standard InChI is InChI=1S/C27H27FN4O5/c1-15-7-16(3-4-19(15)27(33)32-11-17-13-35-14-18(17)12-32)22-9-25(37-31-22)26-20-8-21(28)24(36-6-5-34-2)10-23(20)29-30-26/h3-4,7-10,17-18H,5-6,11-14H2,1-2H3,(H,29,30)/t17-,18+. The fourth-order valence-electron chi connectivity index (χ4n) is 5.16. The first kappa shape index (κ1) is 23.6. The van der Waals surface area contributed by atoms with E-state index in [1.54, 1.807) is 19.2 Å². The monoisotopic (exact) mass is 506 g/mol. The van der Waals surface area contributed by atoms with Crippen molar-refractivity contribution < 1.29 is 27.9 Å². The van der Waals surface area contributed by atoms with E-state index in [1.165, 1.54) is 6.07 Å². The van der Waals surface area contributed by atoms with Gasteiger partial charge in [-0.1, -0.05) is 11.2 Å². The number of aryl methyl sites for hydroxylation is 1. The number of aromatic nitrogens is 3. The Hall–Kier alpha value is -3.76. The molecule has 10 heteroatoms. The summed E-state index contributed by atoms with van der Waals surface area (Å²) in [5.74, 6) is 0.953. The van der Waals surface area contributed by atoms with Crippen molar-refractivity contribution in [3.8, 4) is 28.5 Å². The van der Waals surface area contributed by atoms with E-state index in [-0.39, 0.29) is 18.3 Å². The van der Waals surface area contributed by atoms with Crippen LogP contribution in [0.3, 0.4) is 0 Å². The van der Waals surface area contributed by atoms with Crippen LogP contribution in [0, 0.1) is 24.6 Å². The highest BCUT2D eigenvalue weighted by Crippen LogP contribution is 2.34. The molecule has 0 saturated carbocycles. The highest BCUT2D eigenvalue weighted by atomic mass is 19.1. The van der Waals surface area contributed by atoms with E-state index in [4.69, 9.17) is 18.7 Å². The van der Waals surface area contributed by atoms with E-state index in [0.29, 0.717) is 52.1 Å². The zero-order valence-electron chi connectivity index (χ0n) is 20.6. The highest BCUT2D eigenvalue weighted by molar-refractivity contribution is 5.96. The van der Waals surface area contributed by atoms with Crippen molar-refractivity contribution in [2.24, 2.45) is 11.8 Å². The third-order valence-electron chi connectivity index (χ3n) is 7.18. The third-order valence-corrected chi connectivity index (χ3v) is 7.18. The number of hydrogen-bond donors (Lipinski definition) is 1. The number of hydrogen-bond acceptors (Lipinski definition) is 7. The predicted octanol–water partition coefficient (Wildman–Crippen LogP) is 4.08. The quantitative estimate of drug-likeness (QED) is 0.377. The molecule has 2 aliphatic heterocycles. The smallest absolute Gasteiger partial charge is 0.254 e. The molecule has 0 radical (unpaired) electrons. The van der Waals surface area contributed by atoms with Gasteiger partial charge < -0.3 is 23.6 Å². The largest absolute Gasteiger partial charge is 0.488 e. The predicted molar refractivity (Wildman–Crippen MR) is 133 cm³/mol. The molecule has 2 aromatic carbocycles. The minimum absolute atomic E-state index is 0.0508. The number of rotatable bonds is 7. The number of amides is 1. The molecule has 192 valence electrons. The molecule has 0 aliphatic carbocycles. The number of H-pyrrole nitrogens is 1. The van der Waals surface area contributed by atoms with E-state index < -0.39 is 5.82 Å². The summed E-state index contributed by atoms with van der Waals surface area (Å²) in [6.45, 7) is 5.49. The number of nitrogens with one attached hydrogen (secondary N) is 1. The highest BCUT2D eigenvalue weighted by Gasteiger charge is 2.39. The molecule has 2 aliphatic rings. The van der Waals surface area contributed by atoms with Gasteiger partial charge in [-0.05, 0) is 30.7 Å². The van der Waals surface area contributed by atoms with Gasteiger partial charge in [-0.2, -0.15) is 5.10 Å². The van der Waals surface area contributed by atoms with Crippen LogP contribution in [0.15, 0.2) is 40.9 Å². The molecular weight excluding hydrogens is 479 g/mol. The first-order chi connectivity index (χ1) is 18.0. The Morgan fingerprint density at radius 3 is 2.73 bits per heavy atom. The number of carbonyl (C=O) groups is 1. The number of likely N-dealkylation sites (tertiary alicyclic amines) is 1. The molecule has 2 fully saturated rings. The Morgan fingerprint density at radius 2 is 1.97 bits per heavy atom. The number of ether oxygens (including phenoxy) is 3. The van der Waals surface area contributed by atoms with Crippen LogP contribution in [0.2, 0.25) is 0 Å². The molecular formula is C27H27FN4O5. The Labute approximate surface area is 212 Å². The number of fused-ring (bicyclic) bond motifs is 2. The van der Waals surface area contributed by atoms with Crippen molar-refractivity contribution in [2.45, 2.75) is 6.92 Å². The molecule has 0 spiro atoms. The SMILES string of the molecule is COCCOc1cc2[nH]nc(-c3cc(-c4ccc(C(=O)N5C[C@H]6COC[C@H]6C5)c(C)c4)no3)c2cc1F. The van der Waals surface area contributed by atoms with E-state index >= 15 is 0 Å². The van der Waals surface area contributed by atoms with Crippen molar-refractivity contribution in [1.29, 1.82) is 0 Å². The van der Waals surface area contributed by atoms with Crippen LogP contribution >= 0.6 is 0 Å². The molecule has 1 amide bonds. The maximum atomic E-state index is 14.6. The average molecular weight is 507 g/mol. The average Bonchev–Trinajstić information content (AvgIpc) is 3.67. The van der Waals surface area contributed by atoms with Crippen LogP contribution in [0.25, 0.3) is 33.6 Å². The zero-order valence-corrected chi connectivity index (χ0v) is 20.6. The fraction of sp³-hybridized carbons (Fsp3) is 0.370. The second-order valence-corrected chi connectivity index (χ2v) is 9.62. The molecule has 9 nitrogen and oxygen atoms in total. The molecule has 2 atom stereocenters. The van der Waals surface area contributed by atoms with Gasteiger partial charge in [0.1, 0.15) is 18.0 Å². The second-order valence-electron chi connectivity index (χ2n) is 9.62. The molecule has 4 aromatic rings. The molecule has 2 aromatic heterocycles. The minimum Gasteiger partial charge on any atom is -0.488 e. The lowest BCUT2D eigenvalue weighted by Gasteiger charge is -2.19. The van der Waals surface area contributed by atoms with E-state index in [1.807, 2.05) is 30.0 Å². The van der Waals surface area contributed by atoms with Crippen LogP contribution in [0.5, 0.6) is 5.75 Å². The molecule has 37 heavy (non-hydrogen) atoms. The van der Waals surface area contributed by atoms with Gasteiger partial charge in [-0.3, -0.25) is 9.89 Å². The number of methoxy groups -OCH3 is 1. The van der Waals surface area contributed by atoms with Crippen LogP contribution in [-0.2, 0) is 9.47 Å². The first-order valence-electron chi connectivity index (χ1n) is 12.3. The van der Waals surface area contributed by atoms with Crippen molar-refractivity contribution in [2.75, 3.05) is 46.6 Å². The fourth-order valence-corrected chi connectivity index (χ4v) is 5.16. The van der Waals surface area contributed by atoms with Crippen molar-refractivity contribution in [1.82, 2.24) is 20.3 Å². The Bertz CT molecular complexity index is 1450. The molecule has 4 heterocycles. The summed E-state index contributed by atoms with van der Waals surface area (Å²) in [5, 5.41) is 12.0. The maximum absolute atomic E-state index is 14.6. The van der Waals surface area contributed by atoms with Gasteiger partial charge in [0.15, 0.2) is 17.3 Å². The normalized spacial score (nSPS) is 19.1. The molecule has 0 bridgehead atoms. The van der Waals surface area contributed by atoms with E-state index in [9.17, 15) is 9.18 Å². The lowest BCUT2D eigenvalue weighted by atomic mass is 10.0. The Balaban J connectivity index is 1.22.